The number of nitrogens with one attached hydrogen (secondary N) is 2. The third-order valence-electron chi connectivity index (χ3n) is 5.62. The summed E-state index contributed by atoms with van der Waals surface area (Å²) in [4.78, 5) is 26.0. The van der Waals surface area contributed by atoms with Gasteiger partial charge >= 0.3 is 0 Å². The van der Waals surface area contributed by atoms with Gasteiger partial charge in [0.15, 0.2) is 0 Å². The van der Waals surface area contributed by atoms with Gasteiger partial charge < -0.3 is 15.5 Å². The largest absolute Gasteiger partial charge is 0.325 e. The Kier molecular flexibility index (Phi) is 6.43. The van der Waals surface area contributed by atoms with Gasteiger partial charge in [-0.15, -0.1) is 0 Å². The highest BCUT2D eigenvalue weighted by Gasteiger charge is 2.21. The van der Waals surface area contributed by atoms with Gasteiger partial charge in [0.2, 0.25) is 11.8 Å². The van der Waals surface area contributed by atoms with Crippen molar-refractivity contribution in [1.29, 1.82) is 0 Å². The van der Waals surface area contributed by atoms with Crippen molar-refractivity contribution in [2.24, 2.45) is 0 Å². The third-order valence-corrected chi connectivity index (χ3v) is 5.62. The molecule has 5 nitrogen and oxygen atoms in total. The minimum absolute atomic E-state index is 0.0547. The van der Waals surface area contributed by atoms with Gasteiger partial charge in [0, 0.05) is 30.4 Å². The van der Waals surface area contributed by atoms with Crippen molar-refractivity contribution >= 4 is 23.2 Å². The molecular formula is C26H27N3O2. The van der Waals surface area contributed by atoms with Gasteiger partial charge in [0.1, 0.15) is 0 Å². The number of nitrogens with zero attached hydrogens (tertiary/aromatic N) is 1. The number of benzene rings is 3. The van der Waals surface area contributed by atoms with Crippen molar-refractivity contribution in [2.45, 2.75) is 25.8 Å². The van der Waals surface area contributed by atoms with Crippen molar-refractivity contribution in [3.8, 4) is 11.1 Å². The Morgan fingerprint density at radius 2 is 1.61 bits per heavy atom. The molecule has 1 aliphatic heterocycles. The predicted octanol–water partition coefficient (Wildman–Crippen LogP) is 4.77. The summed E-state index contributed by atoms with van der Waals surface area (Å²) in [7, 11) is 0. The van der Waals surface area contributed by atoms with Crippen molar-refractivity contribution in [2.75, 3.05) is 23.3 Å². The molecule has 0 spiro atoms. The van der Waals surface area contributed by atoms with E-state index in [2.05, 4.69) is 47.0 Å². The molecule has 1 heterocycles. The van der Waals surface area contributed by atoms with E-state index in [1.54, 1.807) is 4.90 Å². The molecule has 3 aromatic carbocycles. The van der Waals surface area contributed by atoms with E-state index in [1.807, 2.05) is 49.4 Å². The van der Waals surface area contributed by atoms with E-state index in [1.165, 1.54) is 11.1 Å². The summed E-state index contributed by atoms with van der Waals surface area (Å²) < 4.78 is 0. The molecule has 5 heteroatoms. The molecule has 4 rings (SSSR count). The lowest BCUT2D eigenvalue weighted by atomic mass is 10.0. The van der Waals surface area contributed by atoms with Gasteiger partial charge in [-0.2, -0.15) is 0 Å². The Morgan fingerprint density at radius 1 is 0.935 bits per heavy atom. The van der Waals surface area contributed by atoms with Crippen molar-refractivity contribution in [1.82, 2.24) is 5.32 Å². The normalized spacial score (nSPS) is 14.5. The van der Waals surface area contributed by atoms with Crippen LogP contribution in [0.3, 0.4) is 0 Å². The number of hydrogen-bond acceptors (Lipinski definition) is 3. The maximum Gasteiger partial charge on any atom is 0.238 e. The van der Waals surface area contributed by atoms with Crippen LogP contribution in [0.2, 0.25) is 0 Å². The van der Waals surface area contributed by atoms with Crippen molar-refractivity contribution in [3.63, 3.8) is 0 Å². The molecule has 0 bridgehead atoms. The first-order chi connectivity index (χ1) is 15.1. The zero-order valence-corrected chi connectivity index (χ0v) is 17.7. The summed E-state index contributed by atoms with van der Waals surface area (Å²) in [6, 6.07) is 26.2. The quantitative estimate of drug-likeness (QED) is 0.587. The second kappa shape index (κ2) is 9.58. The summed E-state index contributed by atoms with van der Waals surface area (Å²) >= 11 is 0. The van der Waals surface area contributed by atoms with Crippen LogP contribution in [-0.2, 0) is 9.59 Å². The van der Waals surface area contributed by atoms with Crippen LogP contribution in [0.15, 0.2) is 78.9 Å². The zero-order valence-electron chi connectivity index (χ0n) is 17.7. The molecule has 1 fully saturated rings. The third kappa shape index (κ3) is 5.19. The van der Waals surface area contributed by atoms with E-state index in [0.717, 1.165) is 29.9 Å². The van der Waals surface area contributed by atoms with Crippen LogP contribution >= 0.6 is 0 Å². The highest BCUT2D eigenvalue weighted by atomic mass is 16.2. The second-order valence-electron chi connectivity index (χ2n) is 7.83. The molecule has 0 radical (unpaired) electrons. The molecule has 0 saturated carbocycles. The SMILES string of the molecule is C[C@@H](NCC(=O)Nc1ccc(N2CCCC2=O)cc1)c1ccc(-c2ccccc2)cc1. The molecule has 0 unspecified atom stereocenters. The minimum atomic E-state index is -0.0993. The average molecular weight is 414 g/mol. The summed E-state index contributed by atoms with van der Waals surface area (Å²) in [6.45, 7) is 3.03. The predicted molar refractivity (Wildman–Crippen MR) is 125 cm³/mol. The minimum Gasteiger partial charge on any atom is -0.325 e. The average Bonchev–Trinajstić information content (AvgIpc) is 3.24. The van der Waals surface area contributed by atoms with E-state index >= 15 is 0 Å². The molecule has 158 valence electrons. The lowest BCUT2D eigenvalue weighted by molar-refractivity contribution is -0.117. The van der Waals surface area contributed by atoms with Crippen LogP contribution in [0.25, 0.3) is 11.1 Å². The highest BCUT2D eigenvalue weighted by molar-refractivity contribution is 5.96. The summed E-state index contributed by atoms with van der Waals surface area (Å²) in [5, 5.41) is 6.18. The van der Waals surface area contributed by atoms with Crippen molar-refractivity contribution in [3.05, 3.63) is 84.4 Å². The van der Waals surface area contributed by atoms with Crippen LogP contribution in [0.4, 0.5) is 11.4 Å². The van der Waals surface area contributed by atoms with Crippen LogP contribution in [0.1, 0.15) is 31.4 Å². The van der Waals surface area contributed by atoms with E-state index in [0.29, 0.717) is 6.42 Å². The first-order valence-corrected chi connectivity index (χ1v) is 10.7. The number of rotatable bonds is 7. The second-order valence-corrected chi connectivity index (χ2v) is 7.83. The highest BCUT2D eigenvalue weighted by Crippen LogP contribution is 2.23. The fourth-order valence-corrected chi connectivity index (χ4v) is 3.81. The number of amides is 2. The van der Waals surface area contributed by atoms with Crippen LogP contribution in [0, 0.1) is 0 Å². The topological polar surface area (TPSA) is 61.4 Å². The molecule has 1 aliphatic rings. The van der Waals surface area contributed by atoms with E-state index in [9.17, 15) is 9.59 Å². The monoisotopic (exact) mass is 413 g/mol. The molecular weight excluding hydrogens is 386 g/mol. The fraction of sp³-hybridized carbons (Fsp3) is 0.231. The van der Waals surface area contributed by atoms with E-state index in [4.69, 9.17) is 0 Å². The van der Waals surface area contributed by atoms with Crippen LogP contribution < -0.4 is 15.5 Å². The maximum absolute atomic E-state index is 12.3. The van der Waals surface area contributed by atoms with Gasteiger partial charge in [-0.05, 0) is 54.3 Å². The van der Waals surface area contributed by atoms with E-state index in [-0.39, 0.29) is 24.4 Å². The Morgan fingerprint density at radius 3 is 2.26 bits per heavy atom. The van der Waals surface area contributed by atoms with Gasteiger partial charge in [-0.25, -0.2) is 0 Å². The van der Waals surface area contributed by atoms with Crippen LogP contribution in [0.5, 0.6) is 0 Å². The molecule has 31 heavy (non-hydrogen) atoms. The van der Waals surface area contributed by atoms with Crippen molar-refractivity contribution < 1.29 is 9.59 Å². The molecule has 0 aromatic heterocycles. The summed E-state index contributed by atoms with van der Waals surface area (Å²) in [5.74, 6) is 0.0597. The smallest absolute Gasteiger partial charge is 0.238 e. The maximum atomic E-state index is 12.3. The Balaban J connectivity index is 1.28. The lowest BCUT2D eigenvalue weighted by Gasteiger charge is -2.17. The number of carbonyl (C=O) groups excluding carboxylic acids is 2. The molecule has 2 N–H and O–H groups in total. The fourth-order valence-electron chi connectivity index (χ4n) is 3.81. The van der Waals surface area contributed by atoms with Gasteiger partial charge in [-0.1, -0.05) is 54.6 Å². The number of hydrogen-bond donors (Lipinski definition) is 2. The number of anilines is 2. The van der Waals surface area contributed by atoms with Gasteiger partial charge in [0.25, 0.3) is 0 Å². The Labute approximate surface area is 183 Å². The van der Waals surface area contributed by atoms with E-state index < -0.39 is 0 Å². The summed E-state index contributed by atoms with van der Waals surface area (Å²) in [6.07, 6.45) is 1.51. The van der Waals surface area contributed by atoms with Crippen LogP contribution in [-0.4, -0.2) is 24.9 Å². The molecule has 1 saturated heterocycles. The Hall–Kier alpha value is -3.44. The summed E-state index contributed by atoms with van der Waals surface area (Å²) in [5.41, 5.74) is 5.10. The molecule has 0 aliphatic carbocycles. The number of carbonyl (C=O) groups is 2. The zero-order chi connectivity index (χ0) is 21.6. The van der Waals surface area contributed by atoms with Gasteiger partial charge in [0.05, 0.1) is 6.54 Å². The Bertz CT molecular complexity index is 1030. The lowest BCUT2D eigenvalue weighted by Crippen LogP contribution is -2.30. The first-order valence-electron chi connectivity index (χ1n) is 10.7. The standard InChI is InChI=1S/C26H27N3O2/c1-19(20-9-11-22(12-10-20)21-6-3-2-4-7-21)27-18-25(30)28-23-13-15-24(16-14-23)29-17-5-8-26(29)31/h2-4,6-7,9-16,19,27H,5,8,17-18H2,1H3,(H,28,30)/t19-/m1/s1. The first kappa shape index (κ1) is 20.8. The van der Waals surface area contributed by atoms with Gasteiger partial charge in [-0.3, -0.25) is 9.59 Å². The molecule has 1 atom stereocenters. The molecule has 3 aromatic rings. The molecule has 2 amide bonds.